The van der Waals surface area contributed by atoms with Gasteiger partial charge in [-0.25, -0.2) is 9.59 Å². The van der Waals surface area contributed by atoms with Gasteiger partial charge in [-0.15, -0.1) is 11.3 Å². The number of halogens is 1. The first-order valence-corrected chi connectivity index (χ1v) is 11.8. The van der Waals surface area contributed by atoms with E-state index in [2.05, 4.69) is 10.6 Å². The Balaban J connectivity index is 1.90. The summed E-state index contributed by atoms with van der Waals surface area (Å²) in [4.78, 5) is 50.7. The number of nitrogens with one attached hydrogen (secondary N) is 2. The molecule has 8 nitrogen and oxygen atoms in total. The zero-order chi connectivity index (χ0) is 25.5. The zero-order valence-electron chi connectivity index (χ0n) is 19.3. The van der Waals surface area contributed by atoms with Crippen LogP contribution in [-0.4, -0.2) is 37.5 Å². The van der Waals surface area contributed by atoms with Gasteiger partial charge >= 0.3 is 11.9 Å². The SMILES string of the molecule is CCOC(=O)c1c(NC(=O)Cc2ccc(Cl)cc2)sc(C(=O)Nc2ccccc2C(=O)OC)c1C. The van der Waals surface area contributed by atoms with Gasteiger partial charge in [0.15, 0.2) is 0 Å². The highest BCUT2D eigenvalue weighted by Crippen LogP contribution is 2.35. The van der Waals surface area contributed by atoms with Crippen molar-refractivity contribution in [2.45, 2.75) is 20.3 Å². The van der Waals surface area contributed by atoms with E-state index in [-0.39, 0.29) is 45.6 Å². The average molecular weight is 515 g/mol. The van der Waals surface area contributed by atoms with E-state index in [1.807, 2.05) is 0 Å². The molecule has 0 aliphatic rings. The number of esters is 2. The fourth-order valence-corrected chi connectivity index (χ4v) is 4.52. The lowest BCUT2D eigenvalue weighted by atomic mass is 10.1. The summed E-state index contributed by atoms with van der Waals surface area (Å²) >= 11 is 6.84. The van der Waals surface area contributed by atoms with E-state index in [9.17, 15) is 19.2 Å². The van der Waals surface area contributed by atoms with Gasteiger partial charge in [-0.2, -0.15) is 0 Å². The summed E-state index contributed by atoms with van der Waals surface area (Å²) in [5.41, 5.74) is 1.62. The maximum absolute atomic E-state index is 13.1. The Hall–Kier alpha value is -3.69. The minimum atomic E-state index is -0.656. The lowest BCUT2D eigenvalue weighted by Crippen LogP contribution is -2.17. The maximum atomic E-state index is 13.1. The lowest BCUT2D eigenvalue weighted by molar-refractivity contribution is -0.115. The van der Waals surface area contributed by atoms with Crippen molar-refractivity contribution < 1.29 is 28.7 Å². The van der Waals surface area contributed by atoms with Crippen molar-refractivity contribution >= 4 is 57.4 Å². The van der Waals surface area contributed by atoms with Crippen molar-refractivity contribution in [3.05, 3.63) is 80.7 Å². The van der Waals surface area contributed by atoms with Gasteiger partial charge in [-0.1, -0.05) is 35.9 Å². The van der Waals surface area contributed by atoms with Crippen LogP contribution in [0.2, 0.25) is 5.02 Å². The molecule has 0 fully saturated rings. The summed E-state index contributed by atoms with van der Waals surface area (Å²) in [6.45, 7) is 3.38. The molecule has 0 atom stereocenters. The second-order valence-corrected chi connectivity index (χ2v) is 8.78. The zero-order valence-corrected chi connectivity index (χ0v) is 20.8. The molecule has 0 aliphatic carbocycles. The van der Waals surface area contributed by atoms with Crippen LogP contribution < -0.4 is 10.6 Å². The van der Waals surface area contributed by atoms with Crippen LogP contribution in [0.1, 0.15) is 48.4 Å². The van der Waals surface area contributed by atoms with Gasteiger partial charge in [0.25, 0.3) is 5.91 Å². The molecule has 182 valence electrons. The van der Waals surface area contributed by atoms with Gasteiger partial charge in [-0.3, -0.25) is 9.59 Å². The molecule has 0 spiro atoms. The fraction of sp³-hybridized carbons (Fsp3) is 0.200. The molecular formula is C25H23ClN2O6S. The molecule has 3 aromatic rings. The Morgan fingerprint density at radius 1 is 0.971 bits per heavy atom. The van der Waals surface area contributed by atoms with E-state index < -0.39 is 17.8 Å². The lowest BCUT2D eigenvalue weighted by Gasteiger charge is -2.09. The number of anilines is 2. The summed E-state index contributed by atoms with van der Waals surface area (Å²) in [5, 5.41) is 6.16. The first-order valence-electron chi connectivity index (χ1n) is 10.6. The second kappa shape index (κ2) is 11.6. The quantitative estimate of drug-likeness (QED) is 0.404. The highest BCUT2D eigenvalue weighted by Gasteiger charge is 2.27. The minimum absolute atomic E-state index is 0.0460. The van der Waals surface area contributed by atoms with Gasteiger partial charge in [0.05, 0.1) is 41.8 Å². The largest absolute Gasteiger partial charge is 0.465 e. The van der Waals surface area contributed by atoms with Gasteiger partial charge in [0.1, 0.15) is 5.00 Å². The molecule has 0 saturated carbocycles. The molecule has 2 amide bonds. The third-order valence-corrected chi connectivity index (χ3v) is 6.40. The predicted octanol–water partition coefficient (Wildman–Crippen LogP) is 5.11. The van der Waals surface area contributed by atoms with Crippen molar-refractivity contribution in [2.75, 3.05) is 24.4 Å². The first kappa shape index (κ1) is 25.9. The Labute approximate surface area is 211 Å². The molecule has 0 bridgehead atoms. The number of ether oxygens (including phenoxy) is 2. The van der Waals surface area contributed by atoms with Crippen molar-refractivity contribution in [3.8, 4) is 0 Å². The molecule has 0 saturated heterocycles. The number of thiophene rings is 1. The Bertz CT molecular complexity index is 1270. The van der Waals surface area contributed by atoms with Crippen LogP contribution in [0.3, 0.4) is 0 Å². The van der Waals surface area contributed by atoms with Crippen LogP contribution in [0.15, 0.2) is 48.5 Å². The van der Waals surface area contributed by atoms with Crippen molar-refractivity contribution in [1.82, 2.24) is 0 Å². The smallest absolute Gasteiger partial charge is 0.341 e. The number of methoxy groups -OCH3 is 1. The molecule has 0 radical (unpaired) electrons. The van der Waals surface area contributed by atoms with Gasteiger partial charge in [0.2, 0.25) is 5.91 Å². The van der Waals surface area contributed by atoms with E-state index in [1.165, 1.54) is 13.2 Å². The number of rotatable bonds is 8. The Morgan fingerprint density at radius 2 is 1.66 bits per heavy atom. The number of carbonyl (C=O) groups excluding carboxylic acids is 4. The Morgan fingerprint density at radius 3 is 2.31 bits per heavy atom. The summed E-state index contributed by atoms with van der Waals surface area (Å²) < 4.78 is 9.91. The van der Waals surface area contributed by atoms with Gasteiger partial charge < -0.3 is 20.1 Å². The number of carbonyl (C=O) groups is 4. The van der Waals surface area contributed by atoms with Gasteiger partial charge in [0, 0.05) is 5.02 Å². The van der Waals surface area contributed by atoms with Crippen LogP contribution in [-0.2, 0) is 20.7 Å². The van der Waals surface area contributed by atoms with Gasteiger partial charge in [-0.05, 0) is 49.2 Å². The minimum Gasteiger partial charge on any atom is -0.465 e. The Kier molecular flexibility index (Phi) is 8.62. The fourth-order valence-electron chi connectivity index (χ4n) is 3.28. The highest BCUT2D eigenvalue weighted by atomic mass is 35.5. The molecule has 0 aliphatic heterocycles. The molecule has 10 heteroatoms. The molecule has 3 rings (SSSR count). The van der Waals surface area contributed by atoms with Crippen LogP contribution in [0.5, 0.6) is 0 Å². The van der Waals surface area contributed by atoms with Crippen molar-refractivity contribution in [1.29, 1.82) is 0 Å². The van der Waals surface area contributed by atoms with Crippen LogP contribution in [0, 0.1) is 6.92 Å². The third-order valence-electron chi connectivity index (χ3n) is 4.94. The van der Waals surface area contributed by atoms with Crippen LogP contribution in [0.25, 0.3) is 0 Å². The summed E-state index contributed by atoms with van der Waals surface area (Å²) in [6.07, 6.45) is 0.0460. The predicted molar refractivity (Wildman–Crippen MR) is 135 cm³/mol. The number of benzene rings is 2. The topological polar surface area (TPSA) is 111 Å². The summed E-state index contributed by atoms with van der Waals surface area (Å²) in [6, 6.07) is 13.2. The van der Waals surface area contributed by atoms with Crippen LogP contribution >= 0.6 is 22.9 Å². The van der Waals surface area contributed by atoms with Crippen molar-refractivity contribution in [3.63, 3.8) is 0 Å². The first-order chi connectivity index (χ1) is 16.7. The standard InChI is InChI=1S/C25H23ClN2O6S/c1-4-34-25(32)20-14(2)21(22(30)27-18-8-6-5-7-17(18)24(31)33-3)35-23(20)28-19(29)13-15-9-11-16(26)12-10-15/h5-12H,4,13H2,1-3H3,(H,27,30)(H,28,29). The number of hydrogen-bond donors (Lipinski definition) is 2. The molecule has 2 aromatic carbocycles. The monoisotopic (exact) mass is 514 g/mol. The number of hydrogen-bond acceptors (Lipinski definition) is 7. The highest BCUT2D eigenvalue weighted by molar-refractivity contribution is 7.19. The molecule has 2 N–H and O–H groups in total. The maximum Gasteiger partial charge on any atom is 0.341 e. The van der Waals surface area contributed by atoms with E-state index in [0.717, 1.165) is 16.9 Å². The van der Waals surface area contributed by atoms with E-state index in [0.29, 0.717) is 10.6 Å². The normalized spacial score (nSPS) is 10.4. The molecule has 0 unspecified atom stereocenters. The molecule has 1 heterocycles. The second-order valence-electron chi connectivity index (χ2n) is 7.32. The number of para-hydroxylation sites is 1. The summed E-state index contributed by atoms with van der Waals surface area (Å²) in [7, 11) is 1.25. The average Bonchev–Trinajstić information content (AvgIpc) is 3.16. The van der Waals surface area contributed by atoms with E-state index in [4.69, 9.17) is 21.1 Å². The van der Waals surface area contributed by atoms with Crippen LogP contribution in [0.4, 0.5) is 10.7 Å². The van der Waals surface area contributed by atoms with E-state index >= 15 is 0 Å². The number of amides is 2. The van der Waals surface area contributed by atoms with Crippen molar-refractivity contribution in [2.24, 2.45) is 0 Å². The van der Waals surface area contributed by atoms with E-state index in [1.54, 1.807) is 56.3 Å². The molecular weight excluding hydrogens is 492 g/mol. The summed E-state index contributed by atoms with van der Waals surface area (Å²) in [5.74, 6) is -2.18. The molecule has 1 aromatic heterocycles. The molecule has 35 heavy (non-hydrogen) atoms. The third kappa shape index (κ3) is 6.26.